The van der Waals surface area contributed by atoms with Crippen LogP contribution in [0.4, 0.5) is 0 Å². The summed E-state index contributed by atoms with van der Waals surface area (Å²) >= 11 is 0. The van der Waals surface area contributed by atoms with Gasteiger partial charge in [0.1, 0.15) is 6.04 Å². The molecule has 1 aromatic carbocycles. The van der Waals surface area contributed by atoms with Gasteiger partial charge in [-0.05, 0) is 80.5 Å². The highest BCUT2D eigenvalue weighted by atomic mass is 16.5. The van der Waals surface area contributed by atoms with Crippen LogP contribution >= 0.6 is 0 Å². The number of rotatable bonds is 10. The van der Waals surface area contributed by atoms with Gasteiger partial charge in [-0.1, -0.05) is 30.3 Å². The van der Waals surface area contributed by atoms with Gasteiger partial charge in [0.15, 0.2) is 0 Å². The number of aromatic nitrogens is 1. The van der Waals surface area contributed by atoms with Crippen molar-refractivity contribution in [2.75, 3.05) is 32.9 Å². The molecule has 1 N–H and O–H groups in total. The molecule has 0 bridgehead atoms. The van der Waals surface area contributed by atoms with Crippen molar-refractivity contribution in [2.45, 2.75) is 75.9 Å². The quantitative estimate of drug-likeness (QED) is 0.499. The predicted octanol–water partition coefficient (Wildman–Crippen LogP) is 4.70. The van der Waals surface area contributed by atoms with Crippen LogP contribution in [0, 0.1) is 0 Å². The van der Waals surface area contributed by atoms with Crippen molar-refractivity contribution in [1.82, 2.24) is 9.88 Å². The van der Waals surface area contributed by atoms with Crippen LogP contribution in [0.5, 0.6) is 0 Å². The van der Waals surface area contributed by atoms with E-state index in [9.17, 15) is 9.90 Å². The highest BCUT2D eigenvalue weighted by Gasteiger charge is 2.36. The van der Waals surface area contributed by atoms with Crippen molar-refractivity contribution in [3.05, 3.63) is 64.5 Å². The number of unbranched alkanes of at least 4 members (excludes halogenated alkanes) is 1. The zero-order valence-electron chi connectivity index (χ0n) is 20.7. The van der Waals surface area contributed by atoms with Crippen LogP contribution in [-0.2, 0) is 33.5 Å². The molecule has 188 valence electrons. The molecule has 6 nitrogen and oxygen atoms in total. The maximum Gasteiger partial charge on any atom is 0.325 e. The number of benzene rings is 1. The smallest absolute Gasteiger partial charge is 0.325 e. The second-order valence-electron chi connectivity index (χ2n) is 10.3. The van der Waals surface area contributed by atoms with Crippen LogP contribution in [0.3, 0.4) is 0 Å². The average molecular weight is 479 g/mol. The van der Waals surface area contributed by atoms with Gasteiger partial charge in [-0.3, -0.25) is 14.7 Å². The molecule has 3 atom stereocenters. The van der Waals surface area contributed by atoms with Gasteiger partial charge in [-0.2, -0.15) is 0 Å². The van der Waals surface area contributed by atoms with Gasteiger partial charge in [0.25, 0.3) is 0 Å². The maximum absolute atomic E-state index is 12.4. The van der Waals surface area contributed by atoms with Crippen LogP contribution < -0.4 is 0 Å². The van der Waals surface area contributed by atoms with Gasteiger partial charge in [0.05, 0.1) is 12.7 Å². The summed E-state index contributed by atoms with van der Waals surface area (Å²) < 4.78 is 11.8. The molecule has 2 aliphatic heterocycles. The Labute approximate surface area is 208 Å². The molecular formula is C29H38N2O4. The Hall–Kier alpha value is -2.28. The molecule has 3 aliphatic rings. The maximum atomic E-state index is 12.4. The van der Waals surface area contributed by atoms with Crippen LogP contribution in [0.2, 0.25) is 0 Å². The topological polar surface area (TPSA) is 71.9 Å². The van der Waals surface area contributed by atoms with E-state index in [-0.39, 0.29) is 12.0 Å². The normalized spacial score (nSPS) is 23.3. The zero-order valence-corrected chi connectivity index (χ0v) is 20.7. The van der Waals surface area contributed by atoms with Crippen LogP contribution in [0.1, 0.15) is 78.6 Å². The lowest BCUT2D eigenvalue weighted by atomic mass is 9.89. The summed E-state index contributed by atoms with van der Waals surface area (Å²) in [5, 5.41) is 10.1. The molecule has 0 saturated carbocycles. The number of nitrogens with zero attached hydrogens (tertiary/aromatic N) is 2. The summed E-state index contributed by atoms with van der Waals surface area (Å²) in [4.78, 5) is 19.3. The lowest BCUT2D eigenvalue weighted by Crippen LogP contribution is -2.34. The average Bonchev–Trinajstić information content (AvgIpc) is 3.57. The summed E-state index contributed by atoms with van der Waals surface area (Å²) in [6.45, 7) is 3.56. The summed E-state index contributed by atoms with van der Waals surface area (Å²) in [5.74, 6) is -0.498. The minimum absolute atomic E-state index is 0.0979. The molecule has 2 unspecified atom stereocenters. The van der Waals surface area contributed by atoms with Crippen molar-refractivity contribution in [2.24, 2.45) is 0 Å². The highest BCUT2D eigenvalue weighted by molar-refractivity contribution is 5.76. The second kappa shape index (κ2) is 11.6. The summed E-state index contributed by atoms with van der Waals surface area (Å²) in [6, 6.07) is 11.9. The molecule has 1 aliphatic carbocycles. The Morgan fingerprint density at radius 2 is 2.03 bits per heavy atom. The minimum Gasteiger partial charge on any atom is -0.480 e. The first-order chi connectivity index (χ1) is 17.2. The summed E-state index contributed by atoms with van der Waals surface area (Å²) in [7, 11) is 0. The predicted molar refractivity (Wildman–Crippen MR) is 135 cm³/mol. The summed E-state index contributed by atoms with van der Waals surface area (Å²) in [5.41, 5.74) is 5.98. The molecular weight excluding hydrogens is 440 g/mol. The number of carboxylic acid groups (broad SMARTS) is 1. The number of carboxylic acids is 1. The monoisotopic (exact) mass is 478 g/mol. The van der Waals surface area contributed by atoms with E-state index in [2.05, 4.69) is 23.1 Å². The Bertz CT molecular complexity index is 1000. The van der Waals surface area contributed by atoms with Gasteiger partial charge >= 0.3 is 5.97 Å². The number of pyridine rings is 1. The highest BCUT2D eigenvalue weighted by Crippen LogP contribution is 2.35. The molecule has 5 rings (SSSR count). The fraction of sp³-hybridized carbons (Fsp3) is 0.586. The SMILES string of the molecule is O=C(O)C(c1ccccc1C1CCOC1)N1CC[C@@H](OCCCCc2ccc3c(n2)CCCC3)C1. The van der Waals surface area contributed by atoms with Crippen LogP contribution in [0.25, 0.3) is 0 Å². The van der Waals surface area contributed by atoms with Crippen molar-refractivity contribution < 1.29 is 19.4 Å². The van der Waals surface area contributed by atoms with Crippen molar-refractivity contribution in [3.8, 4) is 0 Å². The lowest BCUT2D eigenvalue weighted by molar-refractivity contribution is -0.143. The fourth-order valence-corrected chi connectivity index (χ4v) is 5.95. The molecule has 2 aromatic rings. The number of likely N-dealkylation sites (tertiary alicyclic amines) is 1. The molecule has 0 radical (unpaired) electrons. The Kier molecular flexibility index (Phi) is 8.12. The molecule has 1 aromatic heterocycles. The zero-order chi connectivity index (χ0) is 24.0. The number of fused-ring (bicyclic) bond motifs is 1. The number of ether oxygens (including phenoxy) is 2. The standard InChI is InChI=1S/C29H38N2O4/c32-29(33)28(26-10-3-2-9-25(26)22-15-18-34-20-22)31-16-14-24(19-31)35-17-6-5-8-23-13-12-21-7-1-4-11-27(21)30-23/h2-3,9-10,12-13,22,24,28H,1,4-8,11,14-20H2,(H,32,33)/t22?,24-,28?/m1/s1. The number of hydrogen-bond acceptors (Lipinski definition) is 5. The van der Waals surface area contributed by atoms with E-state index in [1.807, 2.05) is 18.2 Å². The molecule has 0 amide bonds. The Morgan fingerprint density at radius 3 is 2.89 bits per heavy atom. The Morgan fingerprint density at radius 1 is 1.14 bits per heavy atom. The number of aliphatic carboxylic acids is 1. The van der Waals surface area contributed by atoms with Crippen molar-refractivity contribution >= 4 is 5.97 Å². The Balaban J connectivity index is 1.10. The molecule has 6 heteroatoms. The van der Waals surface area contributed by atoms with E-state index < -0.39 is 12.0 Å². The van der Waals surface area contributed by atoms with Gasteiger partial charge in [-0.25, -0.2) is 0 Å². The number of hydrogen-bond donors (Lipinski definition) is 1. The molecule has 0 spiro atoms. The first-order valence-electron chi connectivity index (χ1n) is 13.4. The first-order valence-corrected chi connectivity index (χ1v) is 13.4. The van der Waals surface area contributed by atoms with Gasteiger partial charge < -0.3 is 14.6 Å². The number of aryl methyl sites for hydroxylation is 3. The van der Waals surface area contributed by atoms with Crippen molar-refractivity contribution in [3.63, 3.8) is 0 Å². The fourth-order valence-electron chi connectivity index (χ4n) is 5.95. The third kappa shape index (κ3) is 5.93. The first kappa shape index (κ1) is 24.4. The third-order valence-electron chi connectivity index (χ3n) is 7.85. The van der Waals surface area contributed by atoms with Gasteiger partial charge in [0, 0.05) is 43.6 Å². The van der Waals surface area contributed by atoms with E-state index in [0.29, 0.717) is 13.2 Å². The van der Waals surface area contributed by atoms with E-state index in [1.54, 1.807) is 0 Å². The van der Waals surface area contributed by atoms with E-state index in [0.717, 1.165) is 69.4 Å². The second-order valence-corrected chi connectivity index (χ2v) is 10.3. The minimum atomic E-state index is -0.783. The van der Waals surface area contributed by atoms with Crippen LogP contribution in [-0.4, -0.2) is 60.0 Å². The van der Waals surface area contributed by atoms with Gasteiger partial charge in [-0.15, -0.1) is 0 Å². The molecule has 3 heterocycles. The van der Waals surface area contributed by atoms with E-state index in [4.69, 9.17) is 14.5 Å². The largest absolute Gasteiger partial charge is 0.480 e. The summed E-state index contributed by atoms with van der Waals surface area (Å²) in [6.07, 6.45) is 9.85. The molecule has 2 saturated heterocycles. The molecule has 2 fully saturated rings. The number of carbonyl (C=O) groups is 1. The van der Waals surface area contributed by atoms with Gasteiger partial charge in [0.2, 0.25) is 0 Å². The van der Waals surface area contributed by atoms with E-state index in [1.165, 1.54) is 36.2 Å². The van der Waals surface area contributed by atoms with Crippen LogP contribution in [0.15, 0.2) is 36.4 Å². The lowest BCUT2D eigenvalue weighted by Gasteiger charge is -2.27. The van der Waals surface area contributed by atoms with E-state index >= 15 is 0 Å². The molecule has 35 heavy (non-hydrogen) atoms. The van der Waals surface area contributed by atoms with Crippen molar-refractivity contribution in [1.29, 1.82) is 0 Å². The third-order valence-corrected chi connectivity index (χ3v) is 7.85.